The van der Waals surface area contributed by atoms with Gasteiger partial charge in [-0.1, -0.05) is 0 Å². The Labute approximate surface area is 94.2 Å². The van der Waals surface area contributed by atoms with Crippen LogP contribution in [-0.4, -0.2) is 49.8 Å². The van der Waals surface area contributed by atoms with Crippen molar-refractivity contribution in [2.75, 3.05) is 33.3 Å². The van der Waals surface area contributed by atoms with E-state index in [1.54, 1.807) is 0 Å². The molecule has 0 spiro atoms. The first-order valence-electron chi connectivity index (χ1n) is 6.16. The van der Waals surface area contributed by atoms with Gasteiger partial charge in [0.1, 0.15) is 0 Å². The zero-order valence-corrected chi connectivity index (χ0v) is 10.7. The smallest absolute Gasteiger partial charge is 0.0932 e. The Kier molecular flexibility index (Phi) is 5.03. The number of hydrogen-bond donors (Lipinski definition) is 1. The summed E-state index contributed by atoms with van der Waals surface area (Å²) in [7, 11) is 2.01. The van der Waals surface area contributed by atoms with Crippen LogP contribution in [0.2, 0.25) is 0 Å². The second kappa shape index (κ2) is 5.83. The van der Waals surface area contributed by atoms with Crippen molar-refractivity contribution in [1.29, 1.82) is 0 Å². The van der Waals surface area contributed by atoms with Crippen molar-refractivity contribution in [2.24, 2.45) is 0 Å². The molecule has 0 aromatic rings. The molecule has 1 saturated heterocycles. The van der Waals surface area contributed by atoms with E-state index in [4.69, 9.17) is 4.74 Å². The molecule has 1 aliphatic heterocycles. The van der Waals surface area contributed by atoms with Gasteiger partial charge < -0.3 is 10.1 Å². The van der Waals surface area contributed by atoms with E-state index in [1.165, 1.54) is 19.4 Å². The molecule has 1 aliphatic rings. The van der Waals surface area contributed by atoms with Gasteiger partial charge in [0.2, 0.25) is 0 Å². The number of nitrogens with one attached hydrogen (secondary N) is 1. The average molecular weight is 214 g/mol. The van der Waals surface area contributed by atoms with E-state index in [9.17, 15) is 0 Å². The third kappa shape index (κ3) is 3.44. The van der Waals surface area contributed by atoms with Gasteiger partial charge >= 0.3 is 0 Å². The molecule has 0 aliphatic carbocycles. The average Bonchev–Trinajstić information content (AvgIpc) is 2.18. The molecule has 1 rings (SSSR count). The molecule has 15 heavy (non-hydrogen) atoms. The van der Waals surface area contributed by atoms with Crippen molar-refractivity contribution in [3.05, 3.63) is 0 Å². The van der Waals surface area contributed by atoms with Crippen molar-refractivity contribution in [3.8, 4) is 0 Å². The second-order valence-corrected chi connectivity index (χ2v) is 4.81. The first-order chi connectivity index (χ1) is 7.13. The lowest BCUT2D eigenvalue weighted by atomic mass is 9.91. The molecule has 1 fully saturated rings. The summed E-state index contributed by atoms with van der Waals surface area (Å²) in [6, 6.07) is 0.627. The summed E-state index contributed by atoms with van der Waals surface area (Å²) in [5, 5.41) is 3.27. The molecular weight excluding hydrogens is 188 g/mol. The fraction of sp³-hybridized carbons (Fsp3) is 1.00. The Morgan fingerprint density at radius 3 is 2.73 bits per heavy atom. The van der Waals surface area contributed by atoms with Gasteiger partial charge in [0.25, 0.3) is 0 Å². The van der Waals surface area contributed by atoms with Crippen molar-refractivity contribution in [1.82, 2.24) is 10.2 Å². The van der Waals surface area contributed by atoms with Crippen LogP contribution in [0.25, 0.3) is 0 Å². The summed E-state index contributed by atoms with van der Waals surface area (Å²) >= 11 is 0. The molecule has 0 bridgehead atoms. The summed E-state index contributed by atoms with van der Waals surface area (Å²) in [6.45, 7) is 10.7. The van der Waals surface area contributed by atoms with E-state index >= 15 is 0 Å². The molecule has 1 atom stereocenters. The number of likely N-dealkylation sites (tertiary alicyclic amines) is 1. The van der Waals surface area contributed by atoms with Gasteiger partial charge in [0, 0.05) is 25.7 Å². The van der Waals surface area contributed by atoms with Crippen LogP contribution in [-0.2, 0) is 4.74 Å². The zero-order valence-electron chi connectivity index (χ0n) is 10.7. The van der Waals surface area contributed by atoms with Gasteiger partial charge in [-0.15, -0.1) is 0 Å². The number of hydrogen-bond acceptors (Lipinski definition) is 3. The highest BCUT2D eigenvalue weighted by atomic mass is 16.5. The van der Waals surface area contributed by atoms with Gasteiger partial charge in [-0.3, -0.25) is 4.90 Å². The van der Waals surface area contributed by atoms with Gasteiger partial charge in [-0.25, -0.2) is 0 Å². The summed E-state index contributed by atoms with van der Waals surface area (Å²) in [5.74, 6) is 0. The molecular formula is C12H26N2O. The van der Waals surface area contributed by atoms with Crippen molar-refractivity contribution in [2.45, 2.75) is 45.3 Å². The molecule has 1 N–H and O–H groups in total. The summed E-state index contributed by atoms with van der Waals surface area (Å²) in [4.78, 5) is 2.52. The van der Waals surface area contributed by atoms with Crippen LogP contribution in [0.5, 0.6) is 0 Å². The monoisotopic (exact) mass is 214 g/mol. The van der Waals surface area contributed by atoms with E-state index in [2.05, 4.69) is 31.0 Å². The summed E-state index contributed by atoms with van der Waals surface area (Å²) < 4.78 is 5.99. The lowest BCUT2D eigenvalue weighted by molar-refractivity contribution is -0.0884. The maximum absolute atomic E-state index is 5.99. The molecule has 0 aromatic carbocycles. The Balaban J connectivity index is 2.61. The highest BCUT2D eigenvalue weighted by molar-refractivity contribution is 4.91. The molecule has 0 saturated carbocycles. The first kappa shape index (κ1) is 12.9. The highest BCUT2D eigenvalue weighted by Gasteiger charge is 2.36. The standard InChI is InChI=1S/C12H26N2O/c1-5-15-12(9-13-4)7-6-8-14(10-12)11(2)3/h11,13H,5-10H2,1-4H3. The number of rotatable bonds is 5. The van der Waals surface area contributed by atoms with Crippen LogP contribution in [0.3, 0.4) is 0 Å². The molecule has 0 amide bonds. The van der Waals surface area contributed by atoms with Crippen LogP contribution in [0.15, 0.2) is 0 Å². The molecule has 1 heterocycles. The van der Waals surface area contributed by atoms with Gasteiger partial charge in [-0.05, 0) is 47.2 Å². The lowest BCUT2D eigenvalue weighted by Crippen LogP contribution is -2.56. The van der Waals surface area contributed by atoms with E-state index in [0.29, 0.717) is 6.04 Å². The topological polar surface area (TPSA) is 24.5 Å². The Morgan fingerprint density at radius 2 is 2.20 bits per heavy atom. The highest BCUT2D eigenvalue weighted by Crippen LogP contribution is 2.25. The lowest BCUT2D eigenvalue weighted by Gasteiger charge is -2.44. The minimum absolute atomic E-state index is 0.0476. The minimum atomic E-state index is 0.0476. The predicted molar refractivity (Wildman–Crippen MR) is 64.2 cm³/mol. The van der Waals surface area contributed by atoms with Crippen LogP contribution in [0, 0.1) is 0 Å². The van der Waals surface area contributed by atoms with Crippen LogP contribution < -0.4 is 5.32 Å². The van der Waals surface area contributed by atoms with E-state index in [1.807, 2.05) is 7.05 Å². The maximum Gasteiger partial charge on any atom is 0.0932 e. The Morgan fingerprint density at radius 1 is 1.47 bits per heavy atom. The van der Waals surface area contributed by atoms with Crippen LogP contribution in [0.4, 0.5) is 0 Å². The van der Waals surface area contributed by atoms with Crippen molar-refractivity contribution in [3.63, 3.8) is 0 Å². The van der Waals surface area contributed by atoms with Crippen LogP contribution >= 0.6 is 0 Å². The molecule has 0 radical (unpaired) electrons. The molecule has 3 nitrogen and oxygen atoms in total. The van der Waals surface area contributed by atoms with E-state index < -0.39 is 0 Å². The number of piperidine rings is 1. The first-order valence-corrected chi connectivity index (χ1v) is 6.16. The van der Waals surface area contributed by atoms with Gasteiger partial charge in [0.15, 0.2) is 0 Å². The predicted octanol–water partition coefficient (Wildman–Crippen LogP) is 1.49. The zero-order chi connectivity index (χ0) is 11.3. The third-order valence-corrected chi connectivity index (χ3v) is 3.25. The third-order valence-electron chi connectivity index (χ3n) is 3.25. The largest absolute Gasteiger partial charge is 0.373 e. The molecule has 1 unspecified atom stereocenters. The Bertz CT molecular complexity index is 171. The normalized spacial score (nSPS) is 28.6. The maximum atomic E-state index is 5.99. The SMILES string of the molecule is CCOC1(CNC)CCCN(C(C)C)C1. The molecule has 0 aromatic heterocycles. The van der Waals surface area contributed by atoms with E-state index in [-0.39, 0.29) is 5.60 Å². The molecule has 90 valence electrons. The summed E-state index contributed by atoms with van der Waals surface area (Å²) in [6.07, 6.45) is 2.44. The van der Waals surface area contributed by atoms with Crippen molar-refractivity contribution < 1.29 is 4.74 Å². The fourth-order valence-electron chi connectivity index (χ4n) is 2.51. The van der Waals surface area contributed by atoms with Crippen LogP contribution in [0.1, 0.15) is 33.6 Å². The second-order valence-electron chi connectivity index (χ2n) is 4.81. The summed E-state index contributed by atoms with van der Waals surface area (Å²) in [5.41, 5.74) is 0.0476. The quantitative estimate of drug-likeness (QED) is 0.750. The minimum Gasteiger partial charge on any atom is -0.373 e. The number of ether oxygens (including phenoxy) is 1. The Hall–Kier alpha value is -0.120. The van der Waals surface area contributed by atoms with Crippen molar-refractivity contribution >= 4 is 0 Å². The number of nitrogens with zero attached hydrogens (tertiary/aromatic N) is 1. The van der Waals surface area contributed by atoms with E-state index in [0.717, 1.165) is 19.7 Å². The molecule has 3 heteroatoms. The van der Waals surface area contributed by atoms with Gasteiger partial charge in [0.05, 0.1) is 5.60 Å². The number of likely N-dealkylation sites (N-methyl/N-ethyl adjacent to an activating group) is 1. The fourth-order valence-corrected chi connectivity index (χ4v) is 2.51. The van der Waals surface area contributed by atoms with Gasteiger partial charge in [-0.2, -0.15) is 0 Å².